The number of anilines is 1. The Balaban J connectivity index is 1.79. The Morgan fingerprint density at radius 2 is 1.68 bits per heavy atom. The van der Waals surface area contributed by atoms with Crippen LogP contribution in [0.2, 0.25) is 0 Å². The third kappa shape index (κ3) is 4.02. The fraction of sp³-hybridized carbons (Fsp3) is 0.174. The van der Waals surface area contributed by atoms with E-state index in [0.717, 1.165) is 4.70 Å². The Morgan fingerprint density at radius 3 is 2.29 bits per heavy atom. The van der Waals surface area contributed by atoms with Gasteiger partial charge in [0.05, 0.1) is 27.0 Å². The predicted molar refractivity (Wildman–Crippen MR) is 118 cm³/mol. The van der Waals surface area contributed by atoms with Crippen molar-refractivity contribution in [1.82, 2.24) is 4.98 Å². The first-order valence-electron chi connectivity index (χ1n) is 9.48. The van der Waals surface area contributed by atoms with Gasteiger partial charge in [0.25, 0.3) is 5.91 Å². The third-order valence-electron chi connectivity index (χ3n) is 4.81. The lowest BCUT2D eigenvalue weighted by atomic mass is 10.1. The van der Waals surface area contributed by atoms with Gasteiger partial charge >= 0.3 is 0 Å². The molecular formula is C23H20N2O5S. The number of fused-ring (bicyclic) bond motifs is 1. The molecule has 0 fully saturated rings. The summed E-state index contributed by atoms with van der Waals surface area (Å²) in [6.45, 7) is 1.69. The lowest BCUT2D eigenvalue weighted by Gasteiger charge is -2.19. The van der Waals surface area contributed by atoms with Gasteiger partial charge in [0, 0.05) is 11.1 Å². The van der Waals surface area contributed by atoms with Gasteiger partial charge in [-0.3, -0.25) is 14.5 Å². The molecule has 0 aliphatic carbocycles. The Kier molecular flexibility index (Phi) is 5.73. The number of Topliss-reactive ketones (excluding diaryl/α,β-unsaturated/α-hetero) is 1. The molecule has 31 heavy (non-hydrogen) atoms. The number of furan rings is 1. The van der Waals surface area contributed by atoms with Crippen molar-refractivity contribution in [3.63, 3.8) is 0 Å². The van der Waals surface area contributed by atoms with Gasteiger partial charge < -0.3 is 13.9 Å². The number of carbonyl (C=O) groups excluding carboxylic acids is 2. The number of methoxy groups -OCH3 is 2. The fourth-order valence-electron chi connectivity index (χ4n) is 3.18. The Morgan fingerprint density at radius 1 is 1.00 bits per heavy atom. The first-order valence-corrected chi connectivity index (χ1v) is 10.3. The molecule has 0 saturated heterocycles. The summed E-state index contributed by atoms with van der Waals surface area (Å²) in [5.41, 5.74) is 1.60. The van der Waals surface area contributed by atoms with Crippen molar-refractivity contribution in [3.8, 4) is 11.5 Å². The van der Waals surface area contributed by atoms with E-state index < -0.39 is 0 Å². The number of benzene rings is 2. The summed E-state index contributed by atoms with van der Waals surface area (Å²) in [5, 5.41) is 0.481. The first kappa shape index (κ1) is 20.6. The van der Waals surface area contributed by atoms with Gasteiger partial charge in [-0.15, -0.1) is 0 Å². The van der Waals surface area contributed by atoms with Crippen molar-refractivity contribution in [2.45, 2.75) is 13.5 Å². The van der Waals surface area contributed by atoms with Gasteiger partial charge in [-0.2, -0.15) is 0 Å². The van der Waals surface area contributed by atoms with Crippen LogP contribution in [0.25, 0.3) is 10.2 Å². The maximum atomic E-state index is 13.4. The van der Waals surface area contributed by atoms with E-state index in [1.54, 1.807) is 67.8 Å². The molecule has 0 bridgehead atoms. The fourth-order valence-corrected chi connectivity index (χ4v) is 4.25. The van der Waals surface area contributed by atoms with E-state index >= 15 is 0 Å². The maximum absolute atomic E-state index is 13.4. The molecule has 0 aliphatic heterocycles. The molecule has 7 nitrogen and oxygen atoms in total. The monoisotopic (exact) mass is 436 g/mol. The topological polar surface area (TPSA) is 81.9 Å². The molecule has 0 aliphatic rings. The lowest BCUT2D eigenvalue weighted by Crippen LogP contribution is -2.30. The summed E-state index contributed by atoms with van der Waals surface area (Å²) in [6, 6.07) is 13.7. The number of ketones is 1. The zero-order valence-corrected chi connectivity index (χ0v) is 18.1. The molecular weight excluding hydrogens is 416 g/mol. The highest BCUT2D eigenvalue weighted by Crippen LogP contribution is 2.40. The van der Waals surface area contributed by atoms with Crippen molar-refractivity contribution in [3.05, 3.63) is 71.7 Å². The minimum Gasteiger partial charge on any atom is -0.495 e. The SMILES string of the molecule is COc1ccc(OC)c2sc(N(Cc3ccco3)C(=O)c3ccc(C(C)=O)cc3)nc12. The van der Waals surface area contributed by atoms with Crippen molar-refractivity contribution >= 4 is 38.4 Å². The van der Waals surface area contributed by atoms with Crippen LogP contribution in [0.1, 0.15) is 33.4 Å². The van der Waals surface area contributed by atoms with Crippen LogP contribution in [0.15, 0.2) is 59.2 Å². The number of carbonyl (C=O) groups is 2. The van der Waals surface area contributed by atoms with Crippen LogP contribution in [-0.4, -0.2) is 30.9 Å². The van der Waals surface area contributed by atoms with Gasteiger partial charge in [-0.1, -0.05) is 23.5 Å². The van der Waals surface area contributed by atoms with Crippen LogP contribution in [0, 0.1) is 0 Å². The third-order valence-corrected chi connectivity index (χ3v) is 5.90. The molecule has 0 unspecified atom stereocenters. The summed E-state index contributed by atoms with van der Waals surface area (Å²) >= 11 is 1.33. The molecule has 1 amide bonds. The van der Waals surface area contributed by atoms with Crippen LogP contribution in [0.5, 0.6) is 11.5 Å². The molecule has 0 N–H and O–H groups in total. The minimum absolute atomic E-state index is 0.0585. The van der Waals surface area contributed by atoms with Gasteiger partial charge in [0.2, 0.25) is 0 Å². The van der Waals surface area contributed by atoms with E-state index in [1.807, 2.05) is 6.07 Å². The van der Waals surface area contributed by atoms with E-state index in [4.69, 9.17) is 13.9 Å². The molecule has 2 heterocycles. The van der Waals surface area contributed by atoms with Crippen molar-refractivity contribution in [2.24, 2.45) is 0 Å². The molecule has 158 valence electrons. The van der Waals surface area contributed by atoms with Gasteiger partial charge in [-0.05, 0) is 43.3 Å². The van der Waals surface area contributed by atoms with E-state index in [-0.39, 0.29) is 18.2 Å². The number of amides is 1. The van der Waals surface area contributed by atoms with Gasteiger partial charge in [0.15, 0.2) is 10.9 Å². The molecule has 4 rings (SSSR count). The van der Waals surface area contributed by atoms with Crippen molar-refractivity contribution in [2.75, 3.05) is 19.1 Å². The predicted octanol–water partition coefficient (Wildman–Crippen LogP) is 4.96. The second-order valence-electron chi connectivity index (χ2n) is 6.75. The highest BCUT2D eigenvalue weighted by atomic mass is 32.1. The molecule has 8 heteroatoms. The minimum atomic E-state index is -0.261. The molecule has 2 aromatic heterocycles. The summed E-state index contributed by atoms with van der Waals surface area (Å²) in [5.74, 6) is 1.54. The molecule has 0 atom stereocenters. The number of hydrogen-bond acceptors (Lipinski definition) is 7. The standard InChI is InChI=1S/C23H20N2O5S/c1-14(26)15-6-8-16(9-7-15)22(27)25(13-17-5-4-12-30-17)23-24-20-18(28-2)10-11-19(29-3)21(20)31-23/h4-12H,13H2,1-3H3. The van der Waals surface area contributed by atoms with Crippen LogP contribution in [0.4, 0.5) is 5.13 Å². The molecule has 0 saturated carbocycles. The van der Waals surface area contributed by atoms with Crippen LogP contribution in [0.3, 0.4) is 0 Å². The number of thiazole rings is 1. The van der Waals surface area contributed by atoms with Gasteiger partial charge in [-0.25, -0.2) is 4.98 Å². The summed E-state index contributed by atoms with van der Waals surface area (Å²) in [7, 11) is 3.16. The average Bonchev–Trinajstić information content (AvgIpc) is 3.46. The number of ether oxygens (including phenoxy) is 2. The van der Waals surface area contributed by atoms with Crippen LogP contribution in [-0.2, 0) is 6.54 Å². The van der Waals surface area contributed by atoms with E-state index in [2.05, 4.69) is 4.98 Å². The molecule has 4 aromatic rings. The second-order valence-corrected chi connectivity index (χ2v) is 7.73. The van der Waals surface area contributed by atoms with Gasteiger partial charge in [0.1, 0.15) is 27.5 Å². The Hall–Kier alpha value is -3.65. The van der Waals surface area contributed by atoms with Crippen LogP contribution < -0.4 is 14.4 Å². The van der Waals surface area contributed by atoms with Crippen molar-refractivity contribution in [1.29, 1.82) is 0 Å². The van der Waals surface area contributed by atoms with E-state index in [0.29, 0.717) is 39.0 Å². The molecule has 2 aromatic carbocycles. The second kappa shape index (κ2) is 8.61. The van der Waals surface area contributed by atoms with E-state index in [9.17, 15) is 9.59 Å². The number of hydrogen-bond donors (Lipinski definition) is 0. The van der Waals surface area contributed by atoms with Crippen LogP contribution >= 0.6 is 11.3 Å². The lowest BCUT2D eigenvalue weighted by molar-refractivity contribution is 0.0979. The average molecular weight is 436 g/mol. The van der Waals surface area contributed by atoms with E-state index in [1.165, 1.54) is 18.3 Å². The first-order chi connectivity index (χ1) is 15.0. The highest BCUT2D eigenvalue weighted by Gasteiger charge is 2.25. The summed E-state index contributed by atoms with van der Waals surface area (Å²) in [4.78, 5) is 31.3. The zero-order chi connectivity index (χ0) is 22.0. The molecule has 0 spiro atoms. The normalized spacial score (nSPS) is 10.8. The highest BCUT2D eigenvalue weighted by molar-refractivity contribution is 7.22. The number of rotatable bonds is 7. The maximum Gasteiger partial charge on any atom is 0.260 e. The number of nitrogens with zero attached hydrogens (tertiary/aromatic N) is 2. The Labute approximate surface area is 182 Å². The van der Waals surface area contributed by atoms with Crippen molar-refractivity contribution < 1.29 is 23.5 Å². The zero-order valence-electron chi connectivity index (χ0n) is 17.2. The summed E-state index contributed by atoms with van der Waals surface area (Å²) < 4.78 is 17.2. The largest absolute Gasteiger partial charge is 0.495 e. The quantitative estimate of drug-likeness (QED) is 0.381. The molecule has 0 radical (unpaired) electrons. The smallest absolute Gasteiger partial charge is 0.260 e. The number of aromatic nitrogens is 1. The summed E-state index contributed by atoms with van der Waals surface area (Å²) in [6.07, 6.45) is 1.56. The Bertz CT molecular complexity index is 1190.